The van der Waals surface area contributed by atoms with Gasteiger partial charge in [0.25, 0.3) is 0 Å². The molecule has 0 aliphatic rings. The molecule has 0 aliphatic heterocycles. The Hall–Kier alpha value is -4.12. The van der Waals surface area contributed by atoms with Gasteiger partial charge in [-0.05, 0) is 96.3 Å². The molecular formula is C70H117O11P. The van der Waals surface area contributed by atoms with Gasteiger partial charge in [-0.15, -0.1) is 0 Å². The maximum Gasteiger partial charge on any atom is 0.472 e. The first kappa shape index (κ1) is 77.9. The third-order valence-electron chi connectivity index (χ3n) is 13.4. The molecule has 0 rings (SSSR count). The summed E-state index contributed by atoms with van der Waals surface area (Å²) in [5.74, 6) is -1.58. The van der Waals surface area contributed by atoms with Crippen molar-refractivity contribution in [2.45, 2.75) is 277 Å². The fourth-order valence-corrected chi connectivity index (χ4v) is 9.33. The number of aliphatic hydroxyl groups excluding tert-OH is 1. The van der Waals surface area contributed by atoms with Gasteiger partial charge < -0.3 is 24.2 Å². The molecule has 468 valence electrons. The normalized spacial score (nSPS) is 14.1. The van der Waals surface area contributed by atoms with Gasteiger partial charge in [-0.25, -0.2) is 4.57 Å². The van der Waals surface area contributed by atoms with Crippen LogP contribution in [0.25, 0.3) is 0 Å². The molecule has 0 aromatic heterocycles. The predicted molar refractivity (Wildman–Crippen MR) is 343 cm³/mol. The number of carbonyl (C=O) groups excluding carboxylic acids is 3. The van der Waals surface area contributed by atoms with Crippen LogP contribution in [-0.4, -0.2) is 66.5 Å². The molecule has 0 spiro atoms. The number of unbranched alkanes of at least 4 members (excludes halogenated alkanes) is 22. The van der Waals surface area contributed by atoms with Crippen molar-refractivity contribution in [2.24, 2.45) is 0 Å². The quantitative estimate of drug-likeness (QED) is 0.0197. The number of ether oxygens (including phenoxy) is 3. The number of hydrogen-bond acceptors (Lipinski definition) is 10. The second-order valence-corrected chi connectivity index (χ2v) is 22.6. The molecule has 0 aliphatic carbocycles. The summed E-state index contributed by atoms with van der Waals surface area (Å²) in [7, 11) is -4.78. The number of phosphoric acid groups is 1. The molecule has 0 aromatic carbocycles. The van der Waals surface area contributed by atoms with Gasteiger partial charge in [0.1, 0.15) is 12.7 Å². The Labute approximate surface area is 500 Å². The summed E-state index contributed by atoms with van der Waals surface area (Å²) >= 11 is 0. The molecule has 82 heavy (non-hydrogen) atoms. The first-order valence-electron chi connectivity index (χ1n) is 32.4. The number of aliphatic hydroxyl groups is 1. The van der Waals surface area contributed by atoms with Crippen LogP contribution in [0.1, 0.15) is 265 Å². The summed E-state index contributed by atoms with van der Waals surface area (Å²) in [6.45, 7) is 4.35. The Morgan fingerprint density at radius 3 is 1.05 bits per heavy atom. The summed E-state index contributed by atoms with van der Waals surface area (Å²) in [5, 5.41) is 9.86. The summed E-state index contributed by atoms with van der Waals surface area (Å²) in [6.07, 6.45) is 78.8. The number of allylic oxidation sites excluding steroid dienone is 20. The first-order chi connectivity index (χ1) is 40.2. The minimum atomic E-state index is -4.78. The number of phosphoric ester groups is 1. The maximum absolute atomic E-state index is 13.0. The van der Waals surface area contributed by atoms with Gasteiger partial charge in [0, 0.05) is 19.3 Å². The molecule has 0 saturated carbocycles. The molecule has 11 nitrogen and oxygen atoms in total. The minimum Gasteiger partial charge on any atom is -0.462 e. The highest BCUT2D eigenvalue weighted by Gasteiger charge is 2.28. The van der Waals surface area contributed by atoms with Crippen molar-refractivity contribution in [2.75, 3.05) is 26.4 Å². The van der Waals surface area contributed by atoms with Crippen molar-refractivity contribution < 1.29 is 52.2 Å². The number of carbonyl (C=O) groups is 3. The number of hydrogen-bond donors (Lipinski definition) is 2. The summed E-state index contributed by atoms with van der Waals surface area (Å²) < 4.78 is 39.6. The zero-order valence-electron chi connectivity index (χ0n) is 51.9. The molecule has 0 heterocycles. The van der Waals surface area contributed by atoms with Crippen LogP contribution in [0.5, 0.6) is 0 Å². The van der Waals surface area contributed by atoms with Crippen molar-refractivity contribution in [1.82, 2.24) is 0 Å². The smallest absolute Gasteiger partial charge is 0.462 e. The van der Waals surface area contributed by atoms with E-state index in [4.69, 9.17) is 23.3 Å². The van der Waals surface area contributed by atoms with Crippen molar-refractivity contribution in [3.8, 4) is 0 Å². The van der Waals surface area contributed by atoms with Gasteiger partial charge in [-0.2, -0.15) is 0 Å². The molecule has 3 atom stereocenters. The standard InChI is InChI=1S/C70H117O11P/c1-4-7-10-13-16-19-22-25-28-31-33-36-38-41-44-47-50-53-56-59-68(72)77-63-67(81-70(74)61-58-55-52-49-46-43-40-37-34-32-29-26-23-20-17-14-11-8-5-2)65-79-82(75,76)78-64-66(62-71)80-69(73)60-57-54-51-48-45-42-39-35-30-27-24-21-18-15-12-9-6-3/h7-8,10-11,16-17,19-20,25-26,28-29,33-34,36-37,43,46,52,55,66-67,71H,4-6,9,12-15,18,21-24,27,30-32,35,38-42,44-45,47-51,53-54,56-65H2,1-3H3,(H,75,76)/b10-7-,11-8-,19-16-,20-17-,28-25-,29-26-,36-33-,37-34-,46-43-,55-52-. The highest BCUT2D eigenvalue weighted by molar-refractivity contribution is 7.47. The van der Waals surface area contributed by atoms with E-state index < -0.39 is 57.8 Å². The highest BCUT2D eigenvalue weighted by Crippen LogP contribution is 2.43. The summed E-state index contributed by atoms with van der Waals surface area (Å²) in [4.78, 5) is 48.8. The van der Waals surface area contributed by atoms with Crippen LogP contribution < -0.4 is 0 Å². The van der Waals surface area contributed by atoms with Crippen molar-refractivity contribution in [1.29, 1.82) is 0 Å². The minimum absolute atomic E-state index is 0.0341. The second kappa shape index (κ2) is 62.9. The SMILES string of the molecule is CC/C=C\C/C=C\C/C=C\C/C=C\C/C=C\C/C=C\CCC(=O)OC(COC(=O)CCCCCCCC/C=C\C/C=C\C/C=C\C/C=C\CC)COP(=O)(O)OCC(CO)OC(=O)CCCCCCCCCCCCCCCCCCC. The van der Waals surface area contributed by atoms with Gasteiger partial charge >= 0.3 is 25.7 Å². The largest absolute Gasteiger partial charge is 0.472 e. The van der Waals surface area contributed by atoms with E-state index in [2.05, 4.69) is 130 Å². The van der Waals surface area contributed by atoms with E-state index in [1.807, 2.05) is 12.2 Å². The third-order valence-corrected chi connectivity index (χ3v) is 14.3. The number of esters is 3. The molecule has 0 amide bonds. The van der Waals surface area contributed by atoms with Gasteiger partial charge in [0.2, 0.25) is 0 Å². The fraction of sp³-hybridized carbons (Fsp3) is 0.671. The number of rotatable bonds is 59. The molecule has 0 saturated heterocycles. The summed E-state index contributed by atoms with van der Waals surface area (Å²) in [6, 6.07) is 0. The van der Waals surface area contributed by atoms with Crippen molar-refractivity contribution >= 4 is 25.7 Å². The molecule has 0 bridgehead atoms. The second-order valence-electron chi connectivity index (χ2n) is 21.2. The van der Waals surface area contributed by atoms with E-state index >= 15 is 0 Å². The predicted octanol–water partition coefficient (Wildman–Crippen LogP) is 19.9. The lowest BCUT2D eigenvalue weighted by molar-refractivity contribution is -0.161. The van der Waals surface area contributed by atoms with Gasteiger partial charge in [0.05, 0.1) is 19.8 Å². The molecule has 0 radical (unpaired) electrons. The Morgan fingerprint density at radius 1 is 0.354 bits per heavy atom. The summed E-state index contributed by atoms with van der Waals surface area (Å²) in [5.41, 5.74) is 0. The van der Waals surface area contributed by atoms with Crippen LogP contribution in [0.2, 0.25) is 0 Å². The lowest BCUT2D eigenvalue weighted by atomic mass is 10.0. The van der Waals surface area contributed by atoms with E-state index in [-0.39, 0.29) is 25.9 Å². The van der Waals surface area contributed by atoms with Crippen LogP contribution in [0.4, 0.5) is 0 Å². The lowest BCUT2D eigenvalue weighted by Gasteiger charge is -2.21. The zero-order chi connectivity index (χ0) is 59.8. The van der Waals surface area contributed by atoms with E-state index in [1.165, 1.54) is 83.5 Å². The van der Waals surface area contributed by atoms with E-state index in [0.717, 1.165) is 116 Å². The van der Waals surface area contributed by atoms with E-state index in [1.54, 1.807) is 0 Å². The topological polar surface area (TPSA) is 155 Å². The fourth-order valence-electron chi connectivity index (χ4n) is 8.55. The van der Waals surface area contributed by atoms with Crippen LogP contribution in [0.3, 0.4) is 0 Å². The maximum atomic E-state index is 13.0. The molecule has 0 fully saturated rings. The van der Waals surface area contributed by atoms with E-state index in [0.29, 0.717) is 25.7 Å². The van der Waals surface area contributed by atoms with Crippen LogP contribution in [-0.2, 0) is 42.2 Å². The molecular weight excluding hydrogens is 1050 g/mol. The van der Waals surface area contributed by atoms with Crippen molar-refractivity contribution in [3.05, 3.63) is 122 Å². The third kappa shape index (κ3) is 60.5. The molecule has 0 aromatic rings. The highest BCUT2D eigenvalue weighted by atomic mass is 31.2. The van der Waals surface area contributed by atoms with Gasteiger partial charge in [0.15, 0.2) is 6.10 Å². The molecule has 3 unspecified atom stereocenters. The Balaban J connectivity index is 4.82. The van der Waals surface area contributed by atoms with Gasteiger partial charge in [-0.1, -0.05) is 271 Å². The Bertz CT molecular complexity index is 1840. The Morgan fingerprint density at radius 2 is 0.659 bits per heavy atom. The monoisotopic (exact) mass is 1160 g/mol. The average molecular weight is 1170 g/mol. The average Bonchev–Trinajstić information content (AvgIpc) is 3.50. The van der Waals surface area contributed by atoms with Crippen molar-refractivity contribution in [3.63, 3.8) is 0 Å². The van der Waals surface area contributed by atoms with Crippen LogP contribution >= 0.6 is 7.82 Å². The first-order valence-corrected chi connectivity index (χ1v) is 33.9. The lowest BCUT2D eigenvalue weighted by Crippen LogP contribution is -2.30. The van der Waals surface area contributed by atoms with Crippen LogP contribution in [0, 0.1) is 0 Å². The molecule has 12 heteroatoms. The van der Waals surface area contributed by atoms with E-state index in [9.17, 15) is 28.9 Å². The zero-order valence-corrected chi connectivity index (χ0v) is 52.8. The molecule has 2 N–H and O–H groups in total. The van der Waals surface area contributed by atoms with Gasteiger partial charge in [-0.3, -0.25) is 23.4 Å². The Kier molecular flexibility index (Phi) is 59.8. The van der Waals surface area contributed by atoms with Crippen LogP contribution in [0.15, 0.2) is 122 Å².